The van der Waals surface area contributed by atoms with Crippen LogP contribution in [0.1, 0.15) is 18.2 Å². The molecule has 0 aliphatic heterocycles. The minimum Gasteiger partial charge on any atom is -0.244 e. The molecule has 0 atom stereocenters. The van der Waals surface area contributed by atoms with Gasteiger partial charge in [0.15, 0.2) is 0 Å². The van der Waals surface area contributed by atoms with Crippen LogP contribution in [0.5, 0.6) is 0 Å². The summed E-state index contributed by atoms with van der Waals surface area (Å²) in [6, 6.07) is 0. The van der Waals surface area contributed by atoms with Crippen molar-refractivity contribution in [2.45, 2.75) is 13.8 Å². The third-order valence-electron chi connectivity index (χ3n) is 1.37. The van der Waals surface area contributed by atoms with Gasteiger partial charge in [0.2, 0.25) is 0 Å². The first-order chi connectivity index (χ1) is 4.72. The maximum Gasteiger partial charge on any atom is 0.115 e. The van der Waals surface area contributed by atoms with Crippen LogP contribution in [0, 0.1) is 6.92 Å². The molecule has 10 heavy (non-hydrogen) atoms. The number of allylic oxidation sites excluding steroid dienone is 1. The molecule has 0 saturated heterocycles. The molecule has 52 valence electrons. The van der Waals surface area contributed by atoms with Crippen molar-refractivity contribution in [3.05, 3.63) is 30.4 Å². The van der Waals surface area contributed by atoms with Gasteiger partial charge in [0.1, 0.15) is 6.33 Å². The van der Waals surface area contributed by atoms with Gasteiger partial charge in [0.05, 0.1) is 0 Å². The van der Waals surface area contributed by atoms with E-state index in [2.05, 4.69) is 16.5 Å². The largest absolute Gasteiger partial charge is 0.244 e. The summed E-state index contributed by atoms with van der Waals surface area (Å²) in [5.74, 6) is 0. The van der Waals surface area contributed by atoms with Crippen LogP contribution in [-0.4, -0.2) is 9.97 Å². The Hall–Kier alpha value is -1.18. The van der Waals surface area contributed by atoms with Crippen LogP contribution in [0.3, 0.4) is 0 Å². The quantitative estimate of drug-likeness (QED) is 0.585. The summed E-state index contributed by atoms with van der Waals surface area (Å²) in [7, 11) is 0. The lowest BCUT2D eigenvalue weighted by atomic mass is 10.1. The highest BCUT2D eigenvalue weighted by atomic mass is 14.8. The highest BCUT2D eigenvalue weighted by molar-refractivity contribution is 5.61. The van der Waals surface area contributed by atoms with Crippen LogP contribution in [0.15, 0.2) is 19.1 Å². The van der Waals surface area contributed by atoms with Gasteiger partial charge in [0.25, 0.3) is 0 Å². The molecule has 2 nitrogen and oxygen atoms in total. The Bertz CT molecular complexity index is 253. The Morgan fingerprint density at radius 3 is 2.70 bits per heavy atom. The van der Waals surface area contributed by atoms with E-state index in [0.717, 1.165) is 16.8 Å². The fourth-order valence-electron chi connectivity index (χ4n) is 0.810. The SMILES string of the molecule is C=C(C)c1cncnc1C. The number of nitrogens with zero attached hydrogens (tertiary/aromatic N) is 2. The van der Waals surface area contributed by atoms with E-state index in [1.165, 1.54) is 0 Å². The molecule has 0 radical (unpaired) electrons. The molecule has 0 saturated carbocycles. The molecular weight excluding hydrogens is 124 g/mol. The summed E-state index contributed by atoms with van der Waals surface area (Å²) in [4.78, 5) is 7.92. The van der Waals surface area contributed by atoms with Crippen molar-refractivity contribution in [2.75, 3.05) is 0 Å². The lowest BCUT2D eigenvalue weighted by Crippen LogP contribution is -1.89. The Morgan fingerprint density at radius 1 is 1.60 bits per heavy atom. The highest BCUT2D eigenvalue weighted by Crippen LogP contribution is 2.11. The van der Waals surface area contributed by atoms with E-state index in [1.807, 2.05) is 13.8 Å². The Morgan fingerprint density at radius 2 is 2.30 bits per heavy atom. The van der Waals surface area contributed by atoms with E-state index in [1.54, 1.807) is 12.5 Å². The zero-order valence-corrected chi connectivity index (χ0v) is 6.26. The summed E-state index contributed by atoms with van der Waals surface area (Å²) in [6.45, 7) is 7.71. The van der Waals surface area contributed by atoms with Gasteiger partial charge in [-0.15, -0.1) is 0 Å². The first-order valence-corrected chi connectivity index (χ1v) is 3.14. The van der Waals surface area contributed by atoms with Gasteiger partial charge in [-0.25, -0.2) is 9.97 Å². The molecule has 0 aromatic carbocycles. The number of rotatable bonds is 1. The second-order valence-corrected chi connectivity index (χ2v) is 2.30. The van der Waals surface area contributed by atoms with E-state index < -0.39 is 0 Å². The van der Waals surface area contributed by atoms with Crippen molar-refractivity contribution in [2.24, 2.45) is 0 Å². The van der Waals surface area contributed by atoms with Crippen molar-refractivity contribution in [1.29, 1.82) is 0 Å². The fourth-order valence-corrected chi connectivity index (χ4v) is 0.810. The van der Waals surface area contributed by atoms with Crippen molar-refractivity contribution >= 4 is 5.57 Å². The minimum absolute atomic E-state index is 0.988. The first-order valence-electron chi connectivity index (χ1n) is 3.14. The molecule has 0 fully saturated rings. The summed E-state index contributed by atoms with van der Waals surface area (Å²) in [5.41, 5.74) is 3.04. The van der Waals surface area contributed by atoms with Gasteiger partial charge in [-0.05, 0) is 19.4 Å². The third-order valence-corrected chi connectivity index (χ3v) is 1.37. The first kappa shape index (κ1) is 6.93. The molecule has 2 heteroatoms. The monoisotopic (exact) mass is 134 g/mol. The van der Waals surface area contributed by atoms with Gasteiger partial charge in [0, 0.05) is 17.5 Å². The van der Waals surface area contributed by atoms with Crippen molar-refractivity contribution in [1.82, 2.24) is 9.97 Å². The van der Waals surface area contributed by atoms with Crippen LogP contribution in [-0.2, 0) is 0 Å². The molecule has 1 aromatic heterocycles. The van der Waals surface area contributed by atoms with Gasteiger partial charge in [-0.3, -0.25) is 0 Å². The molecule has 1 heterocycles. The van der Waals surface area contributed by atoms with Crippen LogP contribution in [0.4, 0.5) is 0 Å². The van der Waals surface area contributed by atoms with E-state index in [0.29, 0.717) is 0 Å². The number of aromatic nitrogens is 2. The lowest BCUT2D eigenvalue weighted by Gasteiger charge is -1.99. The average molecular weight is 134 g/mol. The smallest absolute Gasteiger partial charge is 0.115 e. The van der Waals surface area contributed by atoms with Crippen LogP contribution in [0.2, 0.25) is 0 Å². The molecule has 1 aromatic rings. The Labute approximate surface area is 60.6 Å². The zero-order valence-electron chi connectivity index (χ0n) is 6.26. The van der Waals surface area contributed by atoms with Gasteiger partial charge < -0.3 is 0 Å². The van der Waals surface area contributed by atoms with Crippen LogP contribution >= 0.6 is 0 Å². The van der Waals surface area contributed by atoms with E-state index in [-0.39, 0.29) is 0 Å². The maximum absolute atomic E-state index is 4.03. The number of hydrogen-bond acceptors (Lipinski definition) is 2. The summed E-state index contributed by atoms with van der Waals surface area (Å²) in [5, 5.41) is 0. The van der Waals surface area contributed by atoms with Gasteiger partial charge in [-0.1, -0.05) is 6.58 Å². The van der Waals surface area contributed by atoms with E-state index in [9.17, 15) is 0 Å². The molecule has 0 N–H and O–H groups in total. The third kappa shape index (κ3) is 1.21. The summed E-state index contributed by atoms with van der Waals surface area (Å²) in [6.07, 6.45) is 3.33. The van der Waals surface area contributed by atoms with Crippen LogP contribution < -0.4 is 0 Å². The van der Waals surface area contributed by atoms with Crippen LogP contribution in [0.25, 0.3) is 5.57 Å². The molecule has 0 aliphatic rings. The topological polar surface area (TPSA) is 25.8 Å². The average Bonchev–Trinajstić information content (AvgIpc) is 1.88. The Balaban J connectivity index is 3.15. The molecular formula is C8H10N2. The molecule has 0 amide bonds. The summed E-state index contributed by atoms with van der Waals surface area (Å²) >= 11 is 0. The second-order valence-electron chi connectivity index (χ2n) is 2.30. The summed E-state index contributed by atoms with van der Waals surface area (Å²) < 4.78 is 0. The molecule has 0 bridgehead atoms. The molecule has 0 unspecified atom stereocenters. The normalized spacial score (nSPS) is 9.40. The van der Waals surface area contributed by atoms with Gasteiger partial charge >= 0.3 is 0 Å². The molecule has 0 aliphatic carbocycles. The van der Waals surface area contributed by atoms with Crippen molar-refractivity contribution in [3.63, 3.8) is 0 Å². The second kappa shape index (κ2) is 2.60. The zero-order chi connectivity index (χ0) is 7.56. The number of aryl methyl sites for hydroxylation is 1. The highest BCUT2D eigenvalue weighted by Gasteiger charge is 1.96. The predicted octanol–water partition coefficient (Wildman–Crippen LogP) is 1.82. The van der Waals surface area contributed by atoms with E-state index in [4.69, 9.17) is 0 Å². The lowest BCUT2D eigenvalue weighted by molar-refractivity contribution is 1.08. The predicted molar refractivity (Wildman–Crippen MR) is 41.5 cm³/mol. The number of hydrogen-bond donors (Lipinski definition) is 0. The van der Waals surface area contributed by atoms with Crippen molar-refractivity contribution in [3.8, 4) is 0 Å². The van der Waals surface area contributed by atoms with E-state index >= 15 is 0 Å². The molecule has 1 rings (SSSR count). The van der Waals surface area contributed by atoms with Crippen molar-refractivity contribution < 1.29 is 0 Å². The maximum atomic E-state index is 4.03. The Kier molecular flexibility index (Phi) is 1.81. The minimum atomic E-state index is 0.988. The van der Waals surface area contributed by atoms with Gasteiger partial charge in [-0.2, -0.15) is 0 Å². The standard InChI is InChI=1S/C8H10N2/c1-6(2)8-4-9-5-10-7(8)3/h4-5H,1H2,2-3H3. The fraction of sp³-hybridized carbons (Fsp3) is 0.250. The molecule has 0 spiro atoms.